The van der Waals surface area contributed by atoms with Gasteiger partial charge in [-0.25, -0.2) is 5.84 Å². The smallest absolute Gasteiger partial charge is 0.222 e. The molecule has 5 N–H and O–H groups in total. The maximum absolute atomic E-state index is 12.2. The Hall–Kier alpha value is -2.13. The van der Waals surface area contributed by atoms with Gasteiger partial charge in [-0.15, -0.1) is 0 Å². The number of allylic oxidation sites excluding steroid dienone is 1. The van der Waals surface area contributed by atoms with Gasteiger partial charge in [0.2, 0.25) is 11.8 Å². The third kappa shape index (κ3) is 14.2. The van der Waals surface area contributed by atoms with Gasteiger partial charge < -0.3 is 25.9 Å². The third-order valence-electron chi connectivity index (χ3n) is 6.18. The largest absolute Gasteiger partial charge is 0.401 e. The molecule has 0 radical (unpaired) electrons. The van der Waals surface area contributed by atoms with Gasteiger partial charge in [0.05, 0.1) is 0 Å². The number of unbranched alkanes of at least 4 members (excludes halogenated alkanes) is 3. The van der Waals surface area contributed by atoms with Gasteiger partial charge in [-0.2, -0.15) is 0 Å². The molecule has 1 aliphatic rings. The summed E-state index contributed by atoms with van der Waals surface area (Å²) in [5, 5.41) is 4.56. The summed E-state index contributed by atoms with van der Waals surface area (Å²) in [5.41, 5.74) is 6.70. The van der Waals surface area contributed by atoms with Crippen LogP contribution in [0.1, 0.15) is 78.1 Å². The van der Waals surface area contributed by atoms with Crippen molar-refractivity contribution < 1.29 is 14.4 Å². The highest BCUT2D eigenvalue weighted by molar-refractivity contribution is 5.80. The average molecular weight is 481 g/mol. The van der Waals surface area contributed by atoms with Gasteiger partial charge in [0.1, 0.15) is 5.78 Å². The number of amides is 2. The molecule has 0 aromatic carbocycles. The van der Waals surface area contributed by atoms with Crippen LogP contribution in [-0.4, -0.2) is 78.7 Å². The standard InChI is InChI=1S/C25H48N6O3/c1-21(2)23(32)11-8-10-22(26)20-31(27)15-7-5-4-6-14-28-24(33)12-9-13-25(34)30-18-16-29(3)17-19-30/h20-21H,4-19,26-27H2,1-3H3,(H,28,33)/b22-20-. The van der Waals surface area contributed by atoms with Crippen molar-refractivity contribution in [3.05, 3.63) is 11.9 Å². The first kappa shape index (κ1) is 29.9. The molecule has 1 aliphatic heterocycles. The molecule has 9 nitrogen and oxygen atoms in total. The van der Waals surface area contributed by atoms with E-state index in [1.807, 2.05) is 18.7 Å². The lowest BCUT2D eigenvalue weighted by atomic mass is 10.0. The van der Waals surface area contributed by atoms with Crippen LogP contribution >= 0.6 is 0 Å². The van der Waals surface area contributed by atoms with E-state index in [9.17, 15) is 14.4 Å². The second kappa shape index (κ2) is 17.3. The summed E-state index contributed by atoms with van der Waals surface area (Å²) in [6.45, 7) is 8.62. The molecule has 0 aromatic heterocycles. The zero-order valence-electron chi connectivity index (χ0n) is 21.7. The second-order valence-electron chi connectivity index (χ2n) is 9.72. The topological polar surface area (TPSA) is 125 Å². The number of nitrogens with zero attached hydrogens (tertiary/aromatic N) is 3. The first-order valence-electron chi connectivity index (χ1n) is 12.9. The fourth-order valence-electron chi connectivity index (χ4n) is 3.80. The van der Waals surface area contributed by atoms with Crippen LogP contribution < -0.4 is 16.9 Å². The number of carbonyl (C=O) groups excluding carboxylic acids is 3. The highest BCUT2D eigenvalue weighted by Crippen LogP contribution is 2.08. The van der Waals surface area contributed by atoms with E-state index in [1.165, 1.54) is 0 Å². The lowest BCUT2D eigenvalue weighted by Crippen LogP contribution is -2.47. The third-order valence-corrected chi connectivity index (χ3v) is 6.18. The van der Waals surface area contributed by atoms with Gasteiger partial charge in [-0.1, -0.05) is 26.7 Å². The number of carbonyl (C=O) groups is 3. The Balaban J connectivity index is 1.98. The number of piperazine rings is 1. The molecule has 196 valence electrons. The summed E-state index contributed by atoms with van der Waals surface area (Å²) in [6.07, 6.45) is 9.13. The van der Waals surface area contributed by atoms with Crippen LogP contribution in [-0.2, 0) is 14.4 Å². The molecule has 2 amide bonds. The summed E-state index contributed by atoms with van der Waals surface area (Å²) in [4.78, 5) is 39.9. The molecule has 0 atom stereocenters. The number of rotatable bonds is 17. The summed E-state index contributed by atoms with van der Waals surface area (Å²) in [6, 6.07) is 0. The second-order valence-corrected chi connectivity index (χ2v) is 9.72. The van der Waals surface area contributed by atoms with Crippen molar-refractivity contribution >= 4 is 17.6 Å². The zero-order valence-corrected chi connectivity index (χ0v) is 21.7. The van der Waals surface area contributed by atoms with E-state index in [0.717, 1.165) is 64.8 Å². The zero-order chi connectivity index (χ0) is 25.3. The number of likely N-dealkylation sites (N-methyl/N-ethyl adjacent to an activating group) is 1. The van der Waals surface area contributed by atoms with Gasteiger partial charge in [0, 0.05) is 76.3 Å². The van der Waals surface area contributed by atoms with Crippen LogP contribution in [0.5, 0.6) is 0 Å². The van der Waals surface area contributed by atoms with Crippen molar-refractivity contribution in [3.8, 4) is 0 Å². The van der Waals surface area contributed by atoms with Crippen LogP contribution in [0.3, 0.4) is 0 Å². The molecule has 34 heavy (non-hydrogen) atoms. The van der Waals surface area contributed by atoms with Crippen LogP contribution in [0.2, 0.25) is 0 Å². The predicted octanol–water partition coefficient (Wildman–Crippen LogP) is 1.98. The van der Waals surface area contributed by atoms with E-state index in [2.05, 4.69) is 17.3 Å². The highest BCUT2D eigenvalue weighted by atomic mass is 16.2. The average Bonchev–Trinajstić information content (AvgIpc) is 2.78. The van der Waals surface area contributed by atoms with Gasteiger partial charge in [-0.05, 0) is 39.2 Å². The fraction of sp³-hybridized carbons (Fsp3) is 0.800. The van der Waals surface area contributed by atoms with E-state index in [1.54, 1.807) is 11.2 Å². The molecular formula is C25H48N6O3. The van der Waals surface area contributed by atoms with Gasteiger partial charge >= 0.3 is 0 Å². The summed E-state index contributed by atoms with van der Waals surface area (Å²) in [7, 11) is 2.07. The number of nitrogens with two attached hydrogens (primary N) is 2. The Morgan fingerprint density at radius 1 is 0.912 bits per heavy atom. The number of hydrogen-bond donors (Lipinski definition) is 3. The van der Waals surface area contributed by atoms with Crippen molar-refractivity contribution in [2.45, 2.75) is 78.1 Å². The minimum Gasteiger partial charge on any atom is -0.401 e. The first-order valence-corrected chi connectivity index (χ1v) is 12.9. The molecule has 1 fully saturated rings. The van der Waals surface area contributed by atoms with Crippen molar-refractivity contribution in [3.63, 3.8) is 0 Å². The molecule has 0 aromatic rings. The molecule has 0 unspecified atom stereocenters. The molecule has 1 rings (SSSR count). The number of hydrogen-bond acceptors (Lipinski definition) is 7. The van der Waals surface area contributed by atoms with E-state index in [0.29, 0.717) is 44.3 Å². The Morgan fingerprint density at radius 3 is 2.24 bits per heavy atom. The van der Waals surface area contributed by atoms with E-state index < -0.39 is 0 Å². The van der Waals surface area contributed by atoms with E-state index in [-0.39, 0.29) is 23.5 Å². The van der Waals surface area contributed by atoms with Crippen LogP contribution in [0.15, 0.2) is 11.9 Å². The lowest BCUT2D eigenvalue weighted by Gasteiger charge is -2.32. The maximum atomic E-state index is 12.2. The monoisotopic (exact) mass is 480 g/mol. The van der Waals surface area contributed by atoms with Crippen molar-refractivity contribution in [2.75, 3.05) is 46.3 Å². The number of nitrogens with one attached hydrogen (secondary N) is 1. The van der Waals surface area contributed by atoms with Crippen LogP contribution in [0.4, 0.5) is 0 Å². The minimum absolute atomic E-state index is 0.0232. The van der Waals surface area contributed by atoms with Crippen molar-refractivity contribution in [1.29, 1.82) is 0 Å². The lowest BCUT2D eigenvalue weighted by molar-refractivity contribution is -0.133. The molecule has 0 bridgehead atoms. The summed E-state index contributed by atoms with van der Waals surface area (Å²) < 4.78 is 0. The first-order chi connectivity index (χ1) is 16.2. The minimum atomic E-state index is 0.0232. The Morgan fingerprint density at radius 2 is 1.56 bits per heavy atom. The molecule has 0 spiro atoms. The van der Waals surface area contributed by atoms with E-state index in [4.69, 9.17) is 11.6 Å². The highest BCUT2D eigenvalue weighted by Gasteiger charge is 2.18. The molecule has 1 heterocycles. The predicted molar refractivity (Wildman–Crippen MR) is 136 cm³/mol. The molecule has 0 aliphatic carbocycles. The Bertz CT molecular complexity index is 645. The Kier molecular flexibility index (Phi) is 15.2. The van der Waals surface area contributed by atoms with Crippen LogP contribution in [0, 0.1) is 5.92 Å². The Labute approximate surface area is 206 Å². The molecule has 9 heteroatoms. The molecular weight excluding hydrogens is 432 g/mol. The van der Waals surface area contributed by atoms with Gasteiger partial charge in [0.25, 0.3) is 0 Å². The van der Waals surface area contributed by atoms with Gasteiger partial charge in [0.15, 0.2) is 0 Å². The summed E-state index contributed by atoms with van der Waals surface area (Å²) in [5.74, 6) is 6.51. The SMILES string of the molecule is CC(C)C(=O)CCC/C(N)=C/N(N)CCCCCCNC(=O)CCCC(=O)N1CCN(C)CC1. The van der Waals surface area contributed by atoms with Crippen molar-refractivity contribution in [1.82, 2.24) is 20.1 Å². The number of ketones is 1. The van der Waals surface area contributed by atoms with E-state index >= 15 is 0 Å². The van der Waals surface area contributed by atoms with Crippen LogP contribution in [0.25, 0.3) is 0 Å². The van der Waals surface area contributed by atoms with Gasteiger partial charge in [-0.3, -0.25) is 14.4 Å². The summed E-state index contributed by atoms with van der Waals surface area (Å²) >= 11 is 0. The number of Topliss-reactive ketones (excluding diaryl/α,β-unsaturated/α-hetero) is 1. The molecule has 1 saturated heterocycles. The maximum Gasteiger partial charge on any atom is 0.222 e. The quantitative estimate of drug-likeness (QED) is 0.165. The number of hydrazine groups is 1. The normalized spacial score (nSPS) is 15.0. The molecule has 0 saturated carbocycles. The fourth-order valence-corrected chi connectivity index (χ4v) is 3.80. The van der Waals surface area contributed by atoms with Crippen molar-refractivity contribution in [2.24, 2.45) is 17.5 Å².